The predicted octanol–water partition coefficient (Wildman–Crippen LogP) is 3.01. The molecule has 0 aliphatic carbocycles. The van der Waals surface area contributed by atoms with Crippen molar-refractivity contribution in [3.8, 4) is 0 Å². The van der Waals surface area contributed by atoms with Gasteiger partial charge in [-0.3, -0.25) is 19.0 Å². The lowest BCUT2D eigenvalue weighted by Crippen LogP contribution is -2.50. The van der Waals surface area contributed by atoms with Crippen molar-refractivity contribution in [1.82, 2.24) is 19.4 Å². The van der Waals surface area contributed by atoms with Gasteiger partial charge in [-0.1, -0.05) is 39.8 Å². The van der Waals surface area contributed by atoms with Gasteiger partial charge in [-0.05, 0) is 31.0 Å². The van der Waals surface area contributed by atoms with Crippen LogP contribution < -0.4 is 5.56 Å². The second-order valence-electron chi connectivity index (χ2n) is 7.96. The summed E-state index contributed by atoms with van der Waals surface area (Å²) in [5.41, 5.74) is 2.50. The summed E-state index contributed by atoms with van der Waals surface area (Å²) in [6.07, 6.45) is 1.72. The van der Waals surface area contributed by atoms with Crippen LogP contribution in [0.5, 0.6) is 0 Å². The zero-order valence-corrected chi connectivity index (χ0v) is 21.2. The SMILES string of the molecule is CC(=O)N1CCN(C(=O)CCCSc2nc(C)c(Cc3ccc(Br)cc3)c(=O)n2C)CC1. The van der Waals surface area contributed by atoms with Gasteiger partial charge in [-0.25, -0.2) is 4.98 Å². The highest BCUT2D eigenvalue weighted by molar-refractivity contribution is 9.10. The number of thioether (sulfide) groups is 1. The van der Waals surface area contributed by atoms with Gasteiger partial charge < -0.3 is 9.80 Å². The molecule has 172 valence electrons. The van der Waals surface area contributed by atoms with Gasteiger partial charge in [0.25, 0.3) is 5.56 Å². The average Bonchev–Trinajstić information content (AvgIpc) is 2.78. The Hall–Kier alpha value is -2.13. The number of carbonyl (C=O) groups excluding carboxylic acids is 2. The molecule has 1 aliphatic rings. The van der Waals surface area contributed by atoms with Crippen molar-refractivity contribution in [2.24, 2.45) is 7.05 Å². The van der Waals surface area contributed by atoms with E-state index in [1.807, 2.05) is 36.1 Å². The van der Waals surface area contributed by atoms with Crippen molar-refractivity contribution in [2.45, 2.75) is 38.3 Å². The standard InChI is InChI=1S/C23H29BrN4O3S/c1-16-20(15-18-6-8-19(24)9-7-18)22(31)26(3)23(25-16)32-14-4-5-21(30)28-12-10-27(11-13-28)17(2)29/h6-9H,4-5,10-15H2,1-3H3. The topological polar surface area (TPSA) is 75.5 Å². The Morgan fingerprint density at radius 1 is 1.09 bits per heavy atom. The summed E-state index contributed by atoms with van der Waals surface area (Å²) < 4.78 is 2.61. The van der Waals surface area contributed by atoms with Crippen LogP contribution >= 0.6 is 27.7 Å². The van der Waals surface area contributed by atoms with E-state index in [-0.39, 0.29) is 17.4 Å². The molecule has 0 N–H and O–H groups in total. The lowest BCUT2D eigenvalue weighted by molar-refractivity contribution is -0.138. The van der Waals surface area contributed by atoms with E-state index >= 15 is 0 Å². The quantitative estimate of drug-likeness (QED) is 0.318. The minimum absolute atomic E-state index is 0.0256. The van der Waals surface area contributed by atoms with Crippen LogP contribution in [0.2, 0.25) is 0 Å². The number of piperazine rings is 1. The summed E-state index contributed by atoms with van der Waals surface area (Å²) in [5.74, 6) is 0.895. The molecule has 2 amide bonds. The van der Waals surface area contributed by atoms with Crippen LogP contribution in [0.25, 0.3) is 0 Å². The van der Waals surface area contributed by atoms with Crippen molar-refractivity contribution in [1.29, 1.82) is 0 Å². The minimum Gasteiger partial charge on any atom is -0.339 e. The van der Waals surface area contributed by atoms with Crippen molar-refractivity contribution in [3.05, 3.63) is 55.9 Å². The minimum atomic E-state index is -0.0256. The number of amides is 2. The number of aromatic nitrogens is 2. The van der Waals surface area contributed by atoms with Gasteiger partial charge in [0.1, 0.15) is 0 Å². The molecule has 1 aliphatic heterocycles. The second-order valence-corrected chi connectivity index (χ2v) is 9.94. The maximum Gasteiger partial charge on any atom is 0.257 e. The highest BCUT2D eigenvalue weighted by atomic mass is 79.9. The van der Waals surface area contributed by atoms with E-state index in [4.69, 9.17) is 0 Å². The van der Waals surface area contributed by atoms with Crippen LogP contribution in [0, 0.1) is 6.92 Å². The molecule has 0 radical (unpaired) electrons. The van der Waals surface area contributed by atoms with E-state index in [9.17, 15) is 14.4 Å². The molecule has 3 rings (SSSR count). The van der Waals surface area contributed by atoms with Gasteiger partial charge in [-0.15, -0.1) is 0 Å². The van der Waals surface area contributed by atoms with E-state index in [2.05, 4.69) is 20.9 Å². The Bertz CT molecular complexity index is 1030. The molecule has 0 atom stereocenters. The van der Waals surface area contributed by atoms with Crippen molar-refractivity contribution < 1.29 is 9.59 Å². The molecule has 9 heteroatoms. The fraction of sp³-hybridized carbons (Fsp3) is 0.478. The van der Waals surface area contributed by atoms with Gasteiger partial charge in [0.05, 0.1) is 0 Å². The molecular weight excluding hydrogens is 492 g/mol. The molecule has 1 fully saturated rings. The Labute approximate surface area is 201 Å². The maximum absolute atomic E-state index is 12.9. The van der Waals surface area contributed by atoms with Crippen LogP contribution in [0.4, 0.5) is 0 Å². The zero-order chi connectivity index (χ0) is 23.3. The van der Waals surface area contributed by atoms with E-state index in [0.29, 0.717) is 61.9 Å². The normalized spacial score (nSPS) is 14.0. The first-order chi connectivity index (χ1) is 15.3. The molecule has 7 nitrogen and oxygen atoms in total. The van der Waals surface area contributed by atoms with E-state index in [0.717, 1.165) is 15.7 Å². The predicted molar refractivity (Wildman–Crippen MR) is 130 cm³/mol. The number of carbonyl (C=O) groups is 2. The monoisotopic (exact) mass is 520 g/mol. The third kappa shape index (κ3) is 6.22. The fourth-order valence-electron chi connectivity index (χ4n) is 3.68. The highest BCUT2D eigenvalue weighted by Gasteiger charge is 2.22. The van der Waals surface area contributed by atoms with Gasteiger partial charge in [0.15, 0.2) is 5.16 Å². The van der Waals surface area contributed by atoms with Crippen LogP contribution in [0.3, 0.4) is 0 Å². The number of rotatable bonds is 7. The average molecular weight is 521 g/mol. The van der Waals surface area contributed by atoms with Crippen molar-refractivity contribution >= 4 is 39.5 Å². The smallest absolute Gasteiger partial charge is 0.257 e. The first-order valence-electron chi connectivity index (χ1n) is 10.7. The van der Waals surface area contributed by atoms with Gasteiger partial charge in [0, 0.05) is 74.5 Å². The number of hydrogen-bond acceptors (Lipinski definition) is 5. The Morgan fingerprint density at radius 3 is 2.34 bits per heavy atom. The van der Waals surface area contributed by atoms with Crippen LogP contribution in [0.1, 0.15) is 36.6 Å². The molecular formula is C23H29BrN4O3S. The molecule has 0 bridgehead atoms. The first kappa shape index (κ1) is 24.5. The van der Waals surface area contributed by atoms with Crippen LogP contribution in [-0.2, 0) is 23.1 Å². The number of nitrogens with zero attached hydrogens (tertiary/aromatic N) is 4. The highest BCUT2D eigenvalue weighted by Crippen LogP contribution is 2.19. The molecule has 0 spiro atoms. The lowest BCUT2D eigenvalue weighted by atomic mass is 10.1. The van der Waals surface area contributed by atoms with Gasteiger partial charge in [-0.2, -0.15) is 0 Å². The van der Waals surface area contributed by atoms with E-state index < -0.39 is 0 Å². The summed E-state index contributed by atoms with van der Waals surface area (Å²) in [6.45, 7) is 5.84. The number of hydrogen-bond donors (Lipinski definition) is 0. The van der Waals surface area contributed by atoms with Crippen molar-refractivity contribution in [2.75, 3.05) is 31.9 Å². The third-order valence-corrected chi connectivity index (χ3v) is 7.33. The number of halogens is 1. The number of aryl methyl sites for hydroxylation is 1. The molecule has 0 unspecified atom stereocenters. The fourth-order valence-corrected chi connectivity index (χ4v) is 4.90. The maximum atomic E-state index is 12.9. The van der Waals surface area contributed by atoms with E-state index in [1.165, 1.54) is 11.8 Å². The summed E-state index contributed by atoms with van der Waals surface area (Å²) in [5, 5.41) is 0.676. The van der Waals surface area contributed by atoms with E-state index in [1.54, 1.807) is 23.4 Å². The first-order valence-corrected chi connectivity index (χ1v) is 12.5. The van der Waals surface area contributed by atoms with Crippen LogP contribution in [0.15, 0.2) is 38.7 Å². The Morgan fingerprint density at radius 2 is 1.72 bits per heavy atom. The van der Waals surface area contributed by atoms with Crippen molar-refractivity contribution in [3.63, 3.8) is 0 Å². The zero-order valence-electron chi connectivity index (χ0n) is 18.8. The van der Waals surface area contributed by atoms with Crippen LogP contribution in [-0.4, -0.2) is 63.1 Å². The molecule has 2 heterocycles. The third-order valence-electron chi connectivity index (χ3n) is 5.69. The molecule has 0 saturated carbocycles. The van der Waals surface area contributed by atoms with Gasteiger partial charge in [0.2, 0.25) is 11.8 Å². The van der Waals surface area contributed by atoms with Gasteiger partial charge >= 0.3 is 0 Å². The molecule has 1 saturated heterocycles. The Balaban J connectivity index is 1.52. The number of benzene rings is 1. The molecule has 32 heavy (non-hydrogen) atoms. The molecule has 1 aromatic carbocycles. The Kier molecular flexibility index (Phi) is 8.53. The summed E-state index contributed by atoms with van der Waals surface area (Å²) >= 11 is 4.94. The summed E-state index contributed by atoms with van der Waals surface area (Å²) in [6, 6.07) is 7.94. The summed E-state index contributed by atoms with van der Waals surface area (Å²) in [7, 11) is 1.75. The molecule has 1 aromatic heterocycles. The lowest BCUT2D eigenvalue weighted by Gasteiger charge is -2.34. The molecule has 2 aromatic rings. The summed E-state index contributed by atoms with van der Waals surface area (Å²) in [4.78, 5) is 45.0. The largest absolute Gasteiger partial charge is 0.339 e. The second kappa shape index (κ2) is 11.1.